The molecule has 0 spiro atoms. The summed E-state index contributed by atoms with van der Waals surface area (Å²) in [4.78, 5) is 12.1. The third kappa shape index (κ3) is 5.36. The fraction of sp³-hybridized carbons (Fsp3) is 0.136. The van der Waals surface area contributed by atoms with Crippen LogP contribution in [0, 0.1) is 0 Å². The van der Waals surface area contributed by atoms with E-state index in [1.54, 1.807) is 0 Å². The number of halogens is 3. The molecular formula is C22H18F3NO2. The molecule has 1 unspecified atom stereocenters. The van der Waals surface area contributed by atoms with Crippen molar-refractivity contribution in [3.63, 3.8) is 0 Å². The zero-order valence-electron chi connectivity index (χ0n) is 15.0. The Hall–Kier alpha value is -3.28. The van der Waals surface area contributed by atoms with Crippen LogP contribution in [-0.2, 0) is 4.79 Å². The Kier molecular flexibility index (Phi) is 5.68. The van der Waals surface area contributed by atoms with E-state index >= 15 is 0 Å². The summed E-state index contributed by atoms with van der Waals surface area (Å²) in [5, 5.41) is 5.10. The molecule has 0 aliphatic heterocycles. The first-order valence-electron chi connectivity index (χ1n) is 8.63. The average Bonchev–Trinajstić information content (AvgIpc) is 2.66. The second-order valence-electron chi connectivity index (χ2n) is 6.29. The summed E-state index contributed by atoms with van der Waals surface area (Å²) < 4.78 is 40.3. The quantitative estimate of drug-likeness (QED) is 0.578. The van der Waals surface area contributed by atoms with Crippen molar-refractivity contribution < 1.29 is 22.7 Å². The Labute approximate surface area is 160 Å². The van der Waals surface area contributed by atoms with Crippen molar-refractivity contribution in [3.8, 4) is 5.75 Å². The van der Waals surface area contributed by atoms with Gasteiger partial charge < -0.3 is 10.1 Å². The summed E-state index contributed by atoms with van der Waals surface area (Å²) in [5.41, 5.74) is 1.57. The first-order chi connectivity index (χ1) is 13.3. The van der Waals surface area contributed by atoms with Gasteiger partial charge in [0.05, 0.1) is 6.04 Å². The van der Waals surface area contributed by atoms with Gasteiger partial charge in [-0.1, -0.05) is 48.5 Å². The molecule has 3 rings (SSSR count). The van der Waals surface area contributed by atoms with Gasteiger partial charge >= 0.3 is 6.36 Å². The van der Waals surface area contributed by atoms with E-state index in [0.29, 0.717) is 5.56 Å². The molecule has 6 heteroatoms. The fourth-order valence-electron chi connectivity index (χ4n) is 2.77. The minimum atomic E-state index is -4.73. The van der Waals surface area contributed by atoms with Crippen molar-refractivity contribution in [2.75, 3.05) is 0 Å². The van der Waals surface area contributed by atoms with Gasteiger partial charge in [-0.15, -0.1) is 13.2 Å². The Morgan fingerprint density at radius 3 is 2.36 bits per heavy atom. The number of alkyl halides is 3. The third-order valence-electron chi connectivity index (χ3n) is 4.17. The predicted molar refractivity (Wildman–Crippen MR) is 103 cm³/mol. The van der Waals surface area contributed by atoms with Crippen LogP contribution in [0.25, 0.3) is 16.8 Å². The summed E-state index contributed by atoms with van der Waals surface area (Å²) in [5.74, 6) is -0.602. The molecule has 0 saturated heterocycles. The highest BCUT2D eigenvalue weighted by Gasteiger charge is 2.30. The molecule has 144 valence electrons. The molecule has 0 saturated carbocycles. The van der Waals surface area contributed by atoms with Crippen LogP contribution >= 0.6 is 0 Å². The minimum absolute atomic E-state index is 0.190. The number of carbonyl (C=O) groups excluding carboxylic acids is 1. The molecular weight excluding hydrogens is 367 g/mol. The lowest BCUT2D eigenvalue weighted by Gasteiger charge is -2.14. The zero-order valence-corrected chi connectivity index (χ0v) is 15.0. The second-order valence-corrected chi connectivity index (χ2v) is 6.29. The minimum Gasteiger partial charge on any atom is -0.406 e. The van der Waals surface area contributed by atoms with Crippen LogP contribution in [0.5, 0.6) is 5.75 Å². The van der Waals surface area contributed by atoms with E-state index in [0.717, 1.165) is 16.3 Å². The molecule has 3 aromatic rings. The van der Waals surface area contributed by atoms with E-state index in [-0.39, 0.29) is 17.7 Å². The maximum Gasteiger partial charge on any atom is 0.573 e. The van der Waals surface area contributed by atoms with Gasteiger partial charge in [-0.3, -0.25) is 4.79 Å². The van der Waals surface area contributed by atoms with E-state index in [1.807, 2.05) is 49.4 Å². The topological polar surface area (TPSA) is 38.3 Å². The Balaban J connectivity index is 1.60. The third-order valence-corrected chi connectivity index (χ3v) is 4.17. The van der Waals surface area contributed by atoms with Gasteiger partial charge in [-0.2, -0.15) is 0 Å². The number of hydrogen-bond donors (Lipinski definition) is 1. The molecule has 0 fully saturated rings. The molecule has 0 aliphatic carbocycles. The summed E-state index contributed by atoms with van der Waals surface area (Å²) in [6.45, 7) is 1.89. The van der Waals surface area contributed by atoms with Crippen molar-refractivity contribution in [2.24, 2.45) is 0 Å². The highest BCUT2D eigenvalue weighted by atomic mass is 19.4. The molecule has 1 N–H and O–H groups in total. The number of fused-ring (bicyclic) bond motifs is 1. The van der Waals surface area contributed by atoms with Crippen molar-refractivity contribution in [2.45, 2.75) is 19.3 Å². The molecule has 3 aromatic carbocycles. The van der Waals surface area contributed by atoms with Gasteiger partial charge in [0.1, 0.15) is 5.75 Å². The first kappa shape index (κ1) is 19.5. The molecule has 0 aromatic heterocycles. The Morgan fingerprint density at radius 1 is 1.00 bits per heavy atom. The summed E-state index contributed by atoms with van der Waals surface area (Å²) >= 11 is 0. The molecule has 0 radical (unpaired) electrons. The van der Waals surface area contributed by atoms with E-state index in [4.69, 9.17) is 0 Å². The van der Waals surface area contributed by atoms with Crippen molar-refractivity contribution in [1.29, 1.82) is 0 Å². The largest absolute Gasteiger partial charge is 0.573 e. The number of rotatable bonds is 5. The van der Waals surface area contributed by atoms with Crippen LogP contribution in [0.3, 0.4) is 0 Å². The van der Waals surface area contributed by atoms with E-state index < -0.39 is 6.36 Å². The first-order valence-corrected chi connectivity index (χ1v) is 8.63. The summed E-state index contributed by atoms with van der Waals surface area (Å²) in [6.07, 6.45) is -1.85. The van der Waals surface area contributed by atoms with Crippen molar-refractivity contribution >= 4 is 22.8 Å². The number of nitrogens with one attached hydrogen (secondary N) is 1. The van der Waals surface area contributed by atoms with Crippen LogP contribution in [0.2, 0.25) is 0 Å². The van der Waals surface area contributed by atoms with E-state index in [9.17, 15) is 18.0 Å². The molecule has 0 aliphatic rings. The van der Waals surface area contributed by atoms with Gasteiger partial charge in [0.25, 0.3) is 0 Å². The SMILES string of the molecule is CC(NC(=O)C=Cc1ccc(OC(F)(F)F)cc1)c1ccc2ccccc2c1. The lowest BCUT2D eigenvalue weighted by Crippen LogP contribution is -2.24. The smallest absolute Gasteiger partial charge is 0.406 e. The monoisotopic (exact) mass is 385 g/mol. The summed E-state index contributed by atoms with van der Waals surface area (Å²) in [7, 11) is 0. The van der Waals surface area contributed by atoms with E-state index in [2.05, 4.69) is 10.1 Å². The lowest BCUT2D eigenvalue weighted by molar-refractivity contribution is -0.274. The van der Waals surface area contributed by atoms with Gasteiger partial charge in [0.2, 0.25) is 5.91 Å². The van der Waals surface area contributed by atoms with Gasteiger partial charge in [-0.25, -0.2) is 0 Å². The molecule has 0 bridgehead atoms. The highest BCUT2D eigenvalue weighted by Crippen LogP contribution is 2.23. The van der Waals surface area contributed by atoms with Crippen LogP contribution in [0.4, 0.5) is 13.2 Å². The number of benzene rings is 3. The van der Waals surface area contributed by atoms with Crippen LogP contribution in [-0.4, -0.2) is 12.3 Å². The van der Waals surface area contributed by atoms with Crippen LogP contribution < -0.4 is 10.1 Å². The fourth-order valence-corrected chi connectivity index (χ4v) is 2.77. The lowest BCUT2D eigenvalue weighted by atomic mass is 10.0. The van der Waals surface area contributed by atoms with Crippen molar-refractivity contribution in [3.05, 3.63) is 83.9 Å². The molecule has 3 nitrogen and oxygen atoms in total. The average molecular weight is 385 g/mol. The standard InChI is InChI=1S/C22H18F3NO2/c1-15(18-10-9-17-4-2-3-5-19(17)14-18)26-21(27)13-8-16-6-11-20(12-7-16)28-22(23,24)25/h2-15H,1H3,(H,26,27). The maximum absolute atomic E-state index is 12.2. The molecule has 1 atom stereocenters. The van der Waals surface area contributed by atoms with Gasteiger partial charge in [-0.05, 0) is 53.1 Å². The van der Waals surface area contributed by atoms with E-state index in [1.165, 1.54) is 36.4 Å². The number of hydrogen-bond acceptors (Lipinski definition) is 2. The summed E-state index contributed by atoms with van der Waals surface area (Å²) in [6, 6.07) is 19.1. The second kappa shape index (κ2) is 8.17. The van der Waals surface area contributed by atoms with Crippen molar-refractivity contribution in [1.82, 2.24) is 5.32 Å². The van der Waals surface area contributed by atoms with Crippen LogP contribution in [0.1, 0.15) is 24.1 Å². The Bertz CT molecular complexity index is 995. The predicted octanol–water partition coefficient (Wildman–Crippen LogP) is 5.63. The highest BCUT2D eigenvalue weighted by molar-refractivity contribution is 5.92. The molecule has 28 heavy (non-hydrogen) atoms. The Morgan fingerprint density at radius 2 is 1.68 bits per heavy atom. The number of amides is 1. The number of carbonyl (C=O) groups is 1. The van der Waals surface area contributed by atoms with Gasteiger partial charge in [0, 0.05) is 6.08 Å². The van der Waals surface area contributed by atoms with Gasteiger partial charge in [0.15, 0.2) is 0 Å². The maximum atomic E-state index is 12.2. The zero-order chi connectivity index (χ0) is 20.1. The molecule has 1 amide bonds. The molecule has 0 heterocycles. The normalized spacial score (nSPS) is 12.9. The number of ether oxygens (including phenoxy) is 1. The van der Waals surface area contributed by atoms with Crippen LogP contribution in [0.15, 0.2) is 72.8 Å².